The first-order chi connectivity index (χ1) is 20.8. The summed E-state index contributed by atoms with van der Waals surface area (Å²) in [6.07, 6.45) is 0. The van der Waals surface area contributed by atoms with Crippen LogP contribution in [0.5, 0.6) is 0 Å². The Hall–Kier alpha value is -5.60. The van der Waals surface area contributed by atoms with Crippen molar-refractivity contribution in [2.75, 3.05) is 4.90 Å². The molecule has 0 bridgehead atoms. The van der Waals surface area contributed by atoms with Crippen LogP contribution in [0, 0.1) is 0 Å². The number of hydrogen-bond donors (Lipinski definition) is 0. The highest BCUT2D eigenvalue weighted by atomic mass is 16.3. The molecule has 2 nitrogen and oxygen atoms in total. The first-order valence-corrected chi connectivity index (χ1v) is 14.3. The molecule has 0 saturated heterocycles. The third-order valence-corrected chi connectivity index (χ3v) is 8.04. The van der Waals surface area contributed by atoms with Crippen LogP contribution in [0.1, 0.15) is 0 Å². The van der Waals surface area contributed by atoms with Gasteiger partial charge in [0.1, 0.15) is 11.2 Å². The number of nitrogens with zero attached hydrogens (tertiary/aromatic N) is 1. The zero-order valence-electron chi connectivity index (χ0n) is 22.9. The van der Waals surface area contributed by atoms with Crippen LogP contribution >= 0.6 is 0 Å². The summed E-state index contributed by atoms with van der Waals surface area (Å²) >= 11 is 0. The van der Waals surface area contributed by atoms with Crippen LogP contribution in [0.15, 0.2) is 168 Å². The quantitative estimate of drug-likeness (QED) is 0.217. The number of anilines is 3. The molecule has 8 aromatic rings. The van der Waals surface area contributed by atoms with Crippen LogP contribution in [0.4, 0.5) is 17.1 Å². The molecule has 42 heavy (non-hydrogen) atoms. The predicted molar refractivity (Wildman–Crippen MR) is 177 cm³/mol. The average molecular weight is 538 g/mol. The largest absolute Gasteiger partial charge is 0.456 e. The van der Waals surface area contributed by atoms with E-state index in [4.69, 9.17) is 4.42 Å². The first-order valence-electron chi connectivity index (χ1n) is 14.3. The van der Waals surface area contributed by atoms with E-state index < -0.39 is 0 Å². The van der Waals surface area contributed by atoms with Crippen molar-refractivity contribution in [3.05, 3.63) is 164 Å². The molecule has 0 N–H and O–H groups in total. The van der Waals surface area contributed by atoms with E-state index in [0.717, 1.165) is 44.4 Å². The standard InChI is InChI=1S/C40H27NO/c1-3-11-28(12-4-1)35-15-7-8-16-36(35)29-19-22-33(23-20-29)41(32-13-5-2-6-14-32)34-24-21-30-26-38-37-17-9-10-18-39(37)42-40(38)27-31(30)25-34/h1-27H. The minimum Gasteiger partial charge on any atom is -0.456 e. The van der Waals surface area contributed by atoms with Gasteiger partial charge in [-0.3, -0.25) is 0 Å². The van der Waals surface area contributed by atoms with Gasteiger partial charge >= 0.3 is 0 Å². The molecule has 0 aliphatic heterocycles. The summed E-state index contributed by atoms with van der Waals surface area (Å²) in [7, 11) is 0. The molecule has 0 fully saturated rings. The zero-order valence-corrected chi connectivity index (χ0v) is 22.9. The van der Waals surface area contributed by atoms with Crippen molar-refractivity contribution < 1.29 is 4.42 Å². The molecule has 0 amide bonds. The second-order valence-corrected chi connectivity index (χ2v) is 10.6. The van der Waals surface area contributed by atoms with Crippen LogP contribution in [0.25, 0.3) is 55.0 Å². The Labute approximate surface area is 244 Å². The number of benzene rings is 7. The van der Waals surface area contributed by atoms with Crippen LogP contribution < -0.4 is 4.90 Å². The van der Waals surface area contributed by atoms with Gasteiger partial charge in [0.15, 0.2) is 0 Å². The van der Waals surface area contributed by atoms with Crippen molar-refractivity contribution >= 4 is 49.8 Å². The van der Waals surface area contributed by atoms with Crippen LogP contribution in [0.3, 0.4) is 0 Å². The molecule has 0 unspecified atom stereocenters. The first kappa shape index (κ1) is 24.2. The van der Waals surface area contributed by atoms with Gasteiger partial charge in [-0.15, -0.1) is 0 Å². The van der Waals surface area contributed by atoms with Crippen LogP contribution in [-0.4, -0.2) is 0 Å². The molecule has 1 heterocycles. The summed E-state index contributed by atoms with van der Waals surface area (Å²) in [5, 5.41) is 4.64. The van der Waals surface area contributed by atoms with E-state index in [2.05, 4.69) is 157 Å². The second-order valence-electron chi connectivity index (χ2n) is 10.6. The SMILES string of the molecule is c1ccc(-c2ccccc2-c2ccc(N(c3ccccc3)c3ccc4cc5c(cc4c3)oc3ccccc35)cc2)cc1. The average Bonchev–Trinajstić information content (AvgIpc) is 3.42. The van der Waals surface area contributed by atoms with Gasteiger partial charge in [-0.1, -0.05) is 109 Å². The highest BCUT2D eigenvalue weighted by molar-refractivity contribution is 6.10. The van der Waals surface area contributed by atoms with Gasteiger partial charge in [0, 0.05) is 27.8 Å². The van der Waals surface area contributed by atoms with E-state index in [9.17, 15) is 0 Å². The molecular formula is C40H27NO. The molecule has 198 valence electrons. The highest BCUT2D eigenvalue weighted by Gasteiger charge is 2.15. The summed E-state index contributed by atoms with van der Waals surface area (Å²) in [5.41, 5.74) is 10.0. The van der Waals surface area contributed by atoms with E-state index in [-0.39, 0.29) is 0 Å². The monoisotopic (exact) mass is 537 g/mol. The molecule has 0 spiro atoms. The summed E-state index contributed by atoms with van der Waals surface area (Å²) in [6.45, 7) is 0. The Morgan fingerprint density at radius 2 is 0.952 bits per heavy atom. The molecule has 0 atom stereocenters. The molecule has 0 aliphatic carbocycles. The maximum atomic E-state index is 6.21. The number of furan rings is 1. The van der Waals surface area contributed by atoms with Gasteiger partial charge in [-0.2, -0.15) is 0 Å². The zero-order chi connectivity index (χ0) is 27.9. The Bertz CT molecular complexity index is 2180. The minimum absolute atomic E-state index is 0.911. The molecule has 2 heteroatoms. The molecule has 0 aliphatic rings. The Balaban J connectivity index is 1.23. The van der Waals surface area contributed by atoms with Crippen molar-refractivity contribution in [2.24, 2.45) is 0 Å². The van der Waals surface area contributed by atoms with Crippen LogP contribution in [0.2, 0.25) is 0 Å². The summed E-state index contributed by atoms with van der Waals surface area (Å²) in [6, 6.07) is 58.0. The number of hydrogen-bond acceptors (Lipinski definition) is 2. The molecule has 1 aromatic heterocycles. The number of fused-ring (bicyclic) bond motifs is 4. The maximum absolute atomic E-state index is 6.21. The molecule has 0 saturated carbocycles. The van der Waals surface area contributed by atoms with Crippen molar-refractivity contribution in [1.82, 2.24) is 0 Å². The Kier molecular flexibility index (Phi) is 5.82. The van der Waals surface area contributed by atoms with Crippen LogP contribution in [-0.2, 0) is 0 Å². The summed E-state index contributed by atoms with van der Waals surface area (Å²) in [5.74, 6) is 0. The summed E-state index contributed by atoms with van der Waals surface area (Å²) in [4.78, 5) is 2.31. The van der Waals surface area contributed by atoms with Gasteiger partial charge in [0.2, 0.25) is 0 Å². The lowest BCUT2D eigenvalue weighted by molar-refractivity contribution is 0.669. The smallest absolute Gasteiger partial charge is 0.136 e. The highest BCUT2D eigenvalue weighted by Crippen LogP contribution is 2.40. The minimum atomic E-state index is 0.911. The summed E-state index contributed by atoms with van der Waals surface area (Å²) < 4.78 is 6.21. The van der Waals surface area contributed by atoms with Crippen molar-refractivity contribution in [3.63, 3.8) is 0 Å². The topological polar surface area (TPSA) is 16.4 Å². The number of rotatable bonds is 5. The molecular weight excluding hydrogens is 510 g/mol. The third-order valence-electron chi connectivity index (χ3n) is 8.04. The Morgan fingerprint density at radius 1 is 0.357 bits per heavy atom. The lowest BCUT2D eigenvalue weighted by atomic mass is 9.94. The van der Waals surface area contributed by atoms with Gasteiger partial charge in [-0.05, 0) is 87.6 Å². The van der Waals surface area contributed by atoms with Gasteiger partial charge < -0.3 is 9.32 Å². The fourth-order valence-electron chi connectivity index (χ4n) is 6.01. The van der Waals surface area contributed by atoms with Gasteiger partial charge in [0.05, 0.1) is 0 Å². The lowest BCUT2D eigenvalue weighted by Gasteiger charge is -2.26. The van der Waals surface area contributed by atoms with E-state index in [1.54, 1.807) is 0 Å². The maximum Gasteiger partial charge on any atom is 0.136 e. The van der Waals surface area contributed by atoms with E-state index >= 15 is 0 Å². The van der Waals surface area contributed by atoms with E-state index in [0.29, 0.717) is 0 Å². The predicted octanol–water partition coefficient (Wildman–Crippen LogP) is 11.5. The van der Waals surface area contributed by atoms with E-state index in [1.165, 1.54) is 27.6 Å². The molecule has 0 radical (unpaired) electrons. The molecule has 8 rings (SSSR count). The lowest BCUT2D eigenvalue weighted by Crippen LogP contribution is -2.09. The van der Waals surface area contributed by atoms with Crippen molar-refractivity contribution in [2.45, 2.75) is 0 Å². The van der Waals surface area contributed by atoms with Crippen molar-refractivity contribution in [3.8, 4) is 22.3 Å². The normalized spacial score (nSPS) is 11.3. The van der Waals surface area contributed by atoms with Crippen molar-refractivity contribution in [1.29, 1.82) is 0 Å². The second kappa shape index (κ2) is 10.1. The van der Waals surface area contributed by atoms with Gasteiger partial charge in [0.25, 0.3) is 0 Å². The molecule has 7 aromatic carbocycles. The fourth-order valence-corrected chi connectivity index (χ4v) is 6.01. The fraction of sp³-hybridized carbons (Fsp3) is 0. The van der Waals surface area contributed by atoms with E-state index in [1.807, 2.05) is 12.1 Å². The van der Waals surface area contributed by atoms with Gasteiger partial charge in [-0.25, -0.2) is 0 Å². The third kappa shape index (κ3) is 4.22. The number of para-hydroxylation sites is 2. The Morgan fingerprint density at radius 3 is 1.71 bits per heavy atom.